The van der Waals surface area contributed by atoms with Crippen molar-refractivity contribution in [1.82, 2.24) is 94.9 Å². The van der Waals surface area contributed by atoms with Crippen molar-refractivity contribution in [2.75, 3.05) is 0 Å². The summed E-state index contributed by atoms with van der Waals surface area (Å²) < 4.78 is 13.3. The van der Waals surface area contributed by atoms with Crippen LogP contribution in [0.3, 0.4) is 0 Å². The van der Waals surface area contributed by atoms with Crippen LogP contribution in [0.15, 0.2) is 336 Å². The third-order valence-corrected chi connectivity index (χ3v) is 18.3. The second-order valence-corrected chi connectivity index (χ2v) is 28.2. The summed E-state index contributed by atoms with van der Waals surface area (Å²) in [5.41, 5.74) is 15.6. The minimum Gasteiger partial charge on any atom is -0.664 e. The molecule has 24 rings (SSSR count). The van der Waals surface area contributed by atoms with E-state index >= 15 is 0 Å². The number of imidazole rings is 2. The average molecular weight is 4480 g/mol. The van der Waals surface area contributed by atoms with Crippen molar-refractivity contribution in [1.29, 1.82) is 10.5 Å². The van der Waals surface area contributed by atoms with Gasteiger partial charge in [-0.3, -0.25) is 59.0 Å². The fourth-order valence-corrected chi connectivity index (χ4v) is 12.2. The largest absolute Gasteiger partial charge is 0.664 e. The number of hydrogen-bond acceptors (Lipinski definition) is 22. The molecule has 0 aliphatic rings. The van der Waals surface area contributed by atoms with Gasteiger partial charge in [0.25, 0.3) is 0 Å². The van der Waals surface area contributed by atoms with E-state index in [1.54, 1.807) is 84.4 Å². The Bertz CT molecular complexity index is 6670. The van der Waals surface area contributed by atoms with E-state index in [0.717, 1.165) is 98.8 Å². The fourth-order valence-electron chi connectivity index (χ4n) is 10.9. The summed E-state index contributed by atoms with van der Waals surface area (Å²) in [5.74, 6) is 2.38. The molecule has 143 heavy (non-hydrogen) atoms. The molecule has 0 amide bonds. The molecule has 0 unspecified atom stereocenters. The Morgan fingerprint density at radius 1 is 0.476 bits per heavy atom. The molecule has 0 saturated carbocycles. The Hall–Kier alpha value is -6.71. The van der Waals surface area contributed by atoms with Gasteiger partial charge in [0.15, 0.2) is 5.43 Å². The predicted molar refractivity (Wildman–Crippen MR) is 501 cm³/mol. The van der Waals surface area contributed by atoms with E-state index in [0.29, 0.717) is 21.9 Å². The number of para-hydroxylation sites is 4. The van der Waals surface area contributed by atoms with Crippen LogP contribution in [0.4, 0.5) is 0 Å². The number of thiophene rings is 2. The van der Waals surface area contributed by atoms with Gasteiger partial charge in [-0.05, 0) is 119 Å². The van der Waals surface area contributed by atoms with E-state index in [4.69, 9.17) is 16.9 Å². The van der Waals surface area contributed by atoms with E-state index in [1.165, 1.54) is 63.6 Å². The van der Waals surface area contributed by atoms with Crippen molar-refractivity contribution in [3.05, 3.63) is 431 Å². The third-order valence-electron chi connectivity index (χ3n) is 16.4. The standard InChI is InChI=1S/C13H9NO.2C9H6N.C9H3N.C9H7S.C8H4N4.C8H5N2.C8H6N.C8H11N.C6H4N3.C4H3S.C3H3N2S.C3H2NO.C2HN2O.C2H3N.15W/c15-13-9-5-1-3-7-11(9)14-12-8-4-2-6-10(12)13;1-2-6-9-8(4-1)5-3-7-10-9;1-2-4-9-7-10-6-5-8(9)3-1;1-2-8-4-3-5-9(6-8)7-10;1-7-2-3-9-8(6-7)4-5-10-9;1-5-7(11-3-9-5)2-8-6(1)10-4-12-8;1-3-7-4-2-6-10-8(7)9-5-1;1-2-4-8-7(3-1)5-6-9-8;1-6-4-7(2)9-8(3)5-6;1-2-4-6-5(3-1)7-9-8-6;1-2-4-5-3-1;1-3-4-2-5-6-3;1-2-4-5-3-1;1-3-2-5-4-1;1-2-3;;;;;;;;;;;;;;;/h1-8H,(H,14,15);1-2,4-7H;1-4,6-7H;1,3,6H;2-4,6H,1H3;1-4H;1-3,5-6H;1-6H;4-5H,1-3H3;1-4H;1-3H;1H3;1-2H;1H;1H3;;;;;;;;;;;;;;;/q;2*-1;-2;-1;-2;2*-1;;5*-1;;;;;;;;;;;;;;;;/p-1. The molecular formula is C101H72N21O3S3W15-15. The first-order valence-corrected chi connectivity index (χ1v) is 40.9. The van der Waals surface area contributed by atoms with Gasteiger partial charge in [0, 0.05) is 358 Å². The van der Waals surface area contributed by atoms with E-state index in [1.807, 2.05) is 239 Å². The molecule has 42 heteroatoms. The summed E-state index contributed by atoms with van der Waals surface area (Å²) in [4.78, 5) is 64.3. The SMILES string of the molecule is C#Cc1[c-]c[c-]c(C#N)c1.CC#N.Cc1cc(C)nc(C)c1.Cc1ccc2s[c-]cc2c1.Cc1n[c-]ns1.O=c1c2ccccc2[n-]c2ccccc12.[W].[W].[W].[W].[W].[W].[W].[W].[W].[W].[W].[W].[W].[W].[W].[c-]1cccs1.[c-]1ccnc2ncccc12.[c-]1ccno1.[c-]1cnc2ccccc2c1.[c-]1cncc2ccccc12.[c-]1ncno1.c1ccc2[n-]ccc2c1.c1ccc2[n-]nnc2c1.c1nc2cc3[n-]cnc3cc2[n-]1. The molecule has 9 aromatic carbocycles. The first-order chi connectivity index (χ1) is 62.8. The average Bonchev–Trinajstić information content (AvgIpc) is 1.74. The van der Waals surface area contributed by atoms with Crippen molar-refractivity contribution < 1.29 is 325 Å². The minimum absolute atomic E-state index is 0. The molecule has 722 valence electrons. The van der Waals surface area contributed by atoms with Crippen molar-refractivity contribution in [2.45, 2.75) is 41.5 Å². The normalized spacial score (nSPS) is 8.64. The Kier molecular flexibility index (Phi) is 89.6. The maximum absolute atomic E-state index is 12.0. The molecular weight excluding hydrogens is 4410 g/mol. The molecule has 0 N–H and O–H groups in total. The molecule has 0 atom stereocenters. The number of nitrogens with zero attached hydrogens (tertiary/aromatic N) is 21. The first kappa shape index (κ1) is 147. The van der Waals surface area contributed by atoms with Crippen LogP contribution in [0.5, 0.6) is 0 Å². The smallest absolute Gasteiger partial charge is 0.190 e. The quantitative estimate of drug-likeness (QED) is 0.0773. The van der Waals surface area contributed by atoms with Crippen LogP contribution < -0.4 is 30.5 Å². The van der Waals surface area contributed by atoms with E-state index in [2.05, 4.69) is 220 Å². The van der Waals surface area contributed by atoms with E-state index < -0.39 is 0 Å². The van der Waals surface area contributed by atoms with Crippen molar-refractivity contribution in [3.8, 4) is 24.5 Å². The van der Waals surface area contributed by atoms with E-state index in [-0.39, 0.29) is 321 Å². The summed E-state index contributed by atoms with van der Waals surface area (Å²) in [6.45, 7) is 11.5. The van der Waals surface area contributed by atoms with Crippen molar-refractivity contribution >= 4 is 143 Å². The van der Waals surface area contributed by atoms with Crippen LogP contribution >= 0.6 is 34.2 Å². The molecule has 15 heterocycles. The summed E-state index contributed by atoms with van der Waals surface area (Å²) in [6.07, 6.45) is 28.4. The number of hydrogen-bond donors (Lipinski definition) is 0. The zero-order valence-corrected chi connectivity index (χ0v) is 122. The molecule has 0 saturated heterocycles. The van der Waals surface area contributed by atoms with Crippen molar-refractivity contribution in [2.24, 2.45) is 0 Å². The molecule has 24 nitrogen and oxygen atoms in total. The number of fused-ring (bicyclic) bond motifs is 10. The van der Waals surface area contributed by atoms with Gasteiger partial charge in [-0.25, -0.2) is 41.9 Å². The van der Waals surface area contributed by atoms with Gasteiger partial charge in [-0.15, -0.1) is 114 Å². The monoisotopic (exact) mass is 4480 g/mol. The molecule has 0 aliphatic carbocycles. The Balaban J connectivity index is -0.000000352. The Labute approximate surface area is 1060 Å². The second kappa shape index (κ2) is 87.2. The molecule has 24 aromatic rings. The van der Waals surface area contributed by atoms with Gasteiger partial charge in [0.05, 0.1) is 24.2 Å². The third kappa shape index (κ3) is 54.4. The minimum atomic E-state index is 0. The van der Waals surface area contributed by atoms with Gasteiger partial charge in [-0.1, -0.05) is 195 Å². The fraction of sp³-hybridized carbons (Fsp3) is 0.0594. The van der Waals surface area contributed by atoms with Gasteiger partial charge >= 0.3 is 0 Å². The van der Waals surface area contributed by atoms with Crippen LogP contribution in [0.1, 0.15) is 45.6 Å². The van der Waals surface area contributed by atoms with Gasteiger partial charge in [-0.2, -0.15) is 68.4 Å². The zero-order valence-electron chi connectivity index (χ0n) is 75.6. The van der Waals surface area contributed by atoms with Crippen LogP contribution in [-0.2, 0) is 316 Å². The number of aromatic nitrogens is 19. The van der Waals surface area contributed by atoms with Crippen LogP contribution in [0.25, 0.3) is 109 Å². The molecule has 0 spiro atoms. The van der Waals surface area contributed by atoms with Crippen LogP contribution in [-0.4, -0.2) is 69.9 Å². The van der Waals surface area contributed by atoms with Gasteiger partial charge < -0.3 is 85.7 Å². The zero-order chi connectivity index (χ0) is 89.8. The number of benzene rings is 9. The molecule has 15 aromatic heterocycles. The number of rotatable bonds is 0. The first-order valence-electron chi connectivity index (χ1n) is 38.4. The molecule has 0 fully saturated rings. The summed E-state index contributed by atoms with van der Waals surface area (Å²) >= 11 is 4.62. The molecule has 0 aliphatic heterocycles. The molecule has 0 bridgehead atoms. The summed E-state index contributed by atoms with van der Waals surface area (Å²) in [5, 5.41) is 50.4. The Morgan fingerprint density at radius 3 is 1.59 bits per heavy atom. The topological polar surface area (TPSA) is 342 Å². The summed E-state index contributed by atoms with van der Waals surface area (Å²) in [6, 6.07) is 99.2. The van der Waals surface area contributed by atoms with E-state index in [9.17, 15) is 4.79 Å². The summed E-state index contributed by atoms with van der Waals surface area (Å²) in [7, 11) is 0. The van der Waals surface area contributed by atoms with Crippen molar-refractivity contribution in [3.63, 3.8) is 0 Å². The maximum atomic E-state index is 12.0. The van der Waals surface area contributed by atoms with Gasteiger partial charge in [0.1, 0.15) is 0 Å². The number of pyridine rings is 6. The predicted octanol–water partition coefficient (Wildman–Crippen LogP) is 20.1. The maximum Gasteiger partial charge on any atom is 0.190 e. The second-order valence-electron chi connectivity index (χ2n) is 25.6. The molecule has 0 radical (unpaired) electrons. The number of terminal acetylenes is 1. The number of aryl methyl sites for hydroxylation is 5. The van der Waals surface area contributed by atoms with Crippen LogP contribution in [0, 0.1) is 130 Å². The van der Waals surface area contributed by atoms with Crippen LogP contribution in [0.2, 0.25) is 0 Å². The Morgan fingerprint density at radius 2 is 1.08 bits per heavy atom. The van der Waals surface area contributed by atoms with Gasteiger partial charge in [0.2, 0.25) is 0 Å². The number of nitriles is 2.